The third kappa shape index (κ3) is 7.06. The van der Waals surface area contributed by atoms with Crippen LogP contribution in [0, 0.1) is 0 Å². The average molecular weight is 335 g/mol. The molecule has 1 rings (SSSR count). The molecule has 0 saturated heterocycles. The number of unbranched alkanes of at least 4 members (excludes halogenated alkanes) is 2. The quantitative estimate of drug-likeness (QED) is 0.405. The Labute approximate surface area is 141 Å². The van der Waals surface area contributed by atoms with Gasteiger partial charge in [0, 0.05) is 12.7 Å². The molecule has 0 bridgehead atoms. The van der Waals surface area contributed by atoms with Gasteiger partial charge in [-0.05, 0) is 37.0 Å². The van der Waals surface area contributed by atoms with Crippen molar-refractivity contribution in [2.75, 3.05) is 20.8 Å². The van der Waals surface area contributed by atoms with Gasteiger partial charge in [-0.2, -0.15) is 0 Å². The van der Waals surface area contributed by atoms with Crippen molar-refractivity contribution in [3.05, 3.63) is 41.1 Å². The third-order valence-electron chi connectivity index (χ3n) is 3.67. The van der Waals surface area contributed by atoms with Gasteiger partial charge in [0.05, 0.1) is 22.3 Å². The van der Waals surface area contributed by atoms with Crippen LogP contribution in [-0.4, -0.2) is 34.0 Å². The van der Waals surface area contributed by atoms with Crippen molar-refractivity contribution in [2.24, 2.45) is 0 Å². The van der Waals surface area contributed by atoms with Crippen LogP contribution in [-0.2, 0) is 0 Å². The highest BCUT2D eigenvalue weighted by Gasteiger charge is 2.16. The van der Waals surface area contributed by atoms with Gasteiger partial charge in [0.1, 0.15) is 11.5 Å². The van der Waals surface area contributed by atoms with Gasteiger partial charge in [0.2, 0.25) is 0 Å². The second-order valence-electron chi connectivity index (χ2n) is 6.61. The van der Waals surface area contributed by atoms with Crippen molar-refractivity contribution < 1.29 is 14.6 Å². The molecule has 0 fully saturated rings. The number of allylic oxidation sites excluding steroid dienone is 3. The lowest BCUT2D eigenvalue weighted by Gasteiger charge is -2.18. The Balaban J connectivity index is 2.96. The Kier molecular flexibility index (Phi) is 8.13. The van der Waals surface area contributed by atoms with E-state index in [1.807, 2.05) is 18.2 Å². The Hall–Kier alpha value is -1.52. The first kappa shape index (κ1) is 19.5. The van der Waals surface area contributed by atoms with E-state index in [0.29, 0.717) is 0 Å². The molecular formula is C19H30O3Si. The highest BCUT2D eigenvalue weighted by atomic mass is 28.3. The third-order valence-corrected chi connectivity index (χ3v) is 5.77. The molecule has 0 unspecified atom stereocenters. The first-order valence-corrected chi connectivity index (χ1v) is 11.6. The summed E-state index contributed by atoms with van der Waals surface area (Å²) in [6.45, 7) is 7.32. The summed E-state index contributed by atoms with van der Waals surface area (Å²) in [6, 6.07) is 5.89. The maximum atomic E-state index is 8.89. The molecule has 0 atom stereocenters. The minimum Gasteiger partial charge on any atom is -0.497 e. The molecule has 0 heterocycles. The molecule has 1 aromatic carbocycles. The fourth-order valence-electron chi connectivity index (χ4n) is 2.25. The second kappa shape index (κ2) is 9.58. The van der Waals surface area contributed by atoms with Crippen LogP contribution >= 0.6 is 0 Å². The predicted molar refractivity (Wildman–Crippen MR) is 101 cm³/mol. The van der Waals surface area contributed by atoms with Gasteiger partial charge >= 0.3 is 0 Å². The average Bonchev–Trinajstić information content (AvgIpc) is 2.52. The van der Waals surface area contributed by atoms with E-state index in [-0.39, 0.29) is 6.61 Å². The van der Waals surface area contributed by atoms with E-state index in [4.69, 9.17) is 14.6 Å². The first-order chi connectivity index (χ1) is 10.9. The molecule has 1 aromatic rings. The number of aliphatic hydroxyl groups is 1. The highest BCUT2D eigenvalue weighted by molar-refractivity contribution is 6.83. The highest BCUT2D eigenvalue weighted by Crippen LogP contribution is 2.25. The molecule has 23 heavy (non-hydrogen) atoms. The van der Waals surface area contributed by atoms with Gasteiger partial charge in [0.25, 0.3) is 0 Å². The lowest BCUT2D eigenvalue weighted by Crippen LogP contribution is -2.22. The van der Waals surface area contributed by atoms with Gasteiger partial charge in [0.15, 0.2) is 0 Å². The van der Waals surface area contributed by atoms with Crippen LogP contribution < -0.4 is 9.47 Å². The van der Waals surface area contributed by atoms with Crippen LogP contribution in [0.3, 0.4) is 0 Å². The van der Waals surface area contributed by atoms with Crippen molar-refractivity contribution in [2.45, 2.75) is 38.9 Å². The molecule has 0 saturated carbocycles. The molecule has 0 aromatic heterocycles. The molecule has 0 spiro atoms. The van der Waals surface area contributed by atoms with Gasteiger partial charge in [-0.1, -0.05) is 43.1 Å². The summed E-state index contributed by atoms with van der Waals surface area (Å²) in [5.41, 5.74) is 1.07. The van der Waals surface area contributed by atoms with E-state index >= 15 is 0 Å². The van der Waals surface area contributed by atoms with Crippen molar-refractivity contribution in [3.8, 4) is 11.5 Å². The van der Waals surface area contributed by atoms with E-state index in [1.54, 1.807) is 14.2 Å². The van der Waals surface area contributed by atoms with Gasteiger partial charge in [-0.25, -0.2) is 0 Å². The Morgan fingerprint density at radius 3 is 2.13 bits per heavy atom. The predicted octanol–water partition coefficient (Wildman–Crippen LogP) is 4.68. The maximum Gasteiger partial charge on any atom is 0.123 e. The molecule has 0 radical (unpaired) electrons. The number of benzene rings is 1. The summed E-state index contributed by atoms with van der Waals surface area (Å²) in [5, 5.41) is 10.3. The topological polar surface area (TPSA) is 38.7 Å². The van der Waals surface area contributed by atoms with Gasteiger partial charge < -0.3 is 14.6 Å². The minimum absolute atomic E-state index is 0.273. The fraction of sp³-hybridized carbons (Fsp3) is 0.474. The standard InChI is InChI=1S/C19H30O3Si/c1-21-17-13-16(14-18(15-17)22-2)10-11-19(23(3,4)5)9-7-6-8-12-20/h9-11,13-15,20H,6-8,12H2,1-5H3/b11-10+,19-9-. The van der Waals surface area contributed by atoms with E-state index in [2.05, 4.69) is 37.9 Å². The summed E-state index contributed by atoms with van der Waals surface area (Å²) in [7, 11) is 1.93. The van der Waals surface area contributed by atoms with Crippen LogP contribution in [0.1, 0.15) is 24.8 Å². The van der Waals surface area contributed by atoms with Gasteiger partial charge in [-0.15, -0.1) is 0 Å². The van der Waals surface area contributed by atoms with Crippen molar-refractivity contribution >= 4 is 14.1 Å². The smallest absolute Gasteiger partial charge is 0.123 e. The Bertz CT molecular complexity index is 520. The first-order valence-electron chi connectivity index (χ1n) is 8.13. The number of hydrogen-bond acceptors (Lipinski definition) is 3. The molecule has 1 N–H and O–H groups in total. The molecule has 0 aliphatic rings. The summed E-state index contributed by atoms with van der Waals surface area (Å²) in [6.07, 6.45) is 9.60. The minimum atomic E-state index is -1.40. The number of ether oxygens (including phenoxy) is 2. The molecule has 4 heteroatoms. The largest absolute Gasteiger partial charge is 0.497 e. The van der Waals surface area contributed by atoms with E-state index < -0.39 is 8.07 Å². The summed E-state index contributed by atoms with van der Waals surface area (Å²) in [5.74, 6) is 1.59. The van der Waals surface area contributed by atoms with E-state index in [9.17, 15) is 0 Å². The molecule has 128 valence electrons. The van der Waals surface area contributed by atoms with E-state index in [0.717, 1.165) is 36.3 Å². The number of hydrogen-bond donors (Lipinski definition) is 1. The molecule has 0 aliphatic heterocycles. The SMILES string of the molecule is COc1cc(/C=C/C(=C/CCCCO)[Si](C)(C)C)cc(OC)c1. The van der Waals surface area contributed by atoms with Crippen LogP contribution in [0.2, 0.25) is 19.6 Å². The lowest BCUT2D eigenvalue weighted by atomic mass is 10.1. The molecular weight excluding hydrogens is 304 g/mol. The zero-order chi connectivity index (χ0) is 17.3. The number of rotatable bonds is 9. The summed E-state index contributed by atoms with van der Waals surface area (Å²) in [4.78, 5) is 0. The number of aliphatic hydroxyl groups excluding tert-OH is 1. The van der Waals surface area contributed by atoms with Crippen molar-refractivity contribution in [1.29, 1.82) is 0 Å². The van der Waals surface area contributed by atoms with Crippen LogP contribution in [0.5, 0.6) is 11.5 Å². The zero-order valence-electron chi connectivity index (χ0n) is 15.1. The van der Waals surface area contributed by atoms with E-state index in [1.165, 1.54) is 5.20 Å². The van der Waals surface area contributed by atoms with Crippen LogP contribution in [0.25, 0.3) is 6.08 Å². The van der Waals surface area contributed by atoms with Gasteiger partial charge in [-0.3, -0.25) is 0 Å². The normalized spacial score (nSPS) is 12.7. The van der Waals surface area contributed by atoms with Crippen LogP contribution in [0.4, 0.5) is 0 Å². The molecule has 0 amide bonds. The van der Waals surface area contributed by atoms with Crippen LogP contribution in [0.15, 0.2) is 35.5 Å². The molecule has 3 nitrogen and oxygen atoms in total. The Morgan fingerprint density at radius 1 is 1.04 bits per heavy atom. The lowest BCUT2D eigenvalue weighted by molar-refractivity contribution is 0.285. The summed E-state index contributed by atoms with van der Waals surface area (Å²) < 4.78 is 10.6. The summed E-state index contributed by atoms with van der Waals surface area (Å²) >= 11 is 0. The number of methoxy groups -OCH3 is 2. The van der Waals surface area contributed by atoms with Crippen molar-refractivity contribution in [1.82, 2.24) is 0 Å². The fourth-order valence-corrected chi connectivity index (χ4v) is 3.59. The molecule has 0 aliphatic carbocycles. The second-order valence-corrected chi connectivity index (χ2v) is 11.7. The van der Waals surface area contributed by atoms with Crippen molar-refractivity contribution in [3.63, 3.8) is 0 Å². The maximum absolute atomic E-state index is 8.89. The Morgan fingerprint density at radius 2 is 1.65 bits per heavy atom. The monoisotopic (exact) mass is 334 g/mol. The zero-order valence-corrected chi connectivity index (χ0v) is 16.1.